The molecule has 0 saturated heterocycles. The van der Waals surface area contributed by atoms with E-state index in [4.69, 9.17) is 0 Å². The third kappa shape index (κ3) is 3.80. The van der Waals surface area contributed by atoms with Crippen molar-refractivity contribution in [2.24, 2.45) is 0 Å². The summed E-state index contributed by atoms with van der Waals surface area (Å²) in [5.74, 6) is 0. The molecule has 0 amide bonds. The minimum absolute atomic E-state index is 1.05. The van der Waals surface area contributed by atoms with Crippen LogP contribution in [-0.4, -0.2) is 0 Å². The highest BCUT2D eigenvalue weighted by atomic mass is 14.3. The van der Waals surface area contributed by atoms with E-state index in [9.17, 15) is 0 Å². The molecule has 0 heterocycles. The molecule has 0 spiro atoms. The lowest BCUT2D eigenvalue weighted by Gasteiger charge is -2.24. The molecule has 0 unspecified atom stereocenters. The predicted octanol–water partition coefficient (Wildman–Crippen LogP) is 10.7. The molecule has 46 heavy (non-hydrogen) atoms. The smallest absolute Gasteiger partial charge is 0.00203 e. The summed E-state index contributed by atoms with van der Waals surface area (Å²) in [6.07, 6.45) is 18.9. The Bertz CT molecular complexity index is 2480. The van der Waals surface area contributed by atoms with E-state index in [0.717, 1.165) is 38.5 Å². The summed E-state index contributed by atoms with van der Waals surface area (Å²) in [6.45, 7) is 0. The van der Waals surface area contributed by atoms with Crippen LogP contribution < -0.4 is 10.4 Å². The van der Waals surface area contributed by atoms with Crippen molar-refractivity contribution < 1.29 is 0 Å². The van der Waals surface area contributed by atoms with Crippen LogP contribution in [0, 0.1) is 0 Å². The van der Waals surface area contributed by atoms with Crippen molar-refractivity contribution in [3.05, 3.63) is 154 Å². The maximum absolute atomic E-state index is 2.53. The minimum atomic E-state index is 1.05. The fourth-order valence-electron chi connectivity index (χ4n) is 8.84. The molecule has 6 aromatic rings. The molecular weight excluding hydrogens is 553 g/mol. The number of hydrogen-bond donors (Lipinski definition) is 0. The summed E-state index contributed by atoms with van der Waals surface area (Å²) < 4.78 is 0. The Hall–Kier alpha value is -5.20. The number of fused-ring (bicyclic) bond motifs is 6. The molecule has 0 radical (unpaired) electrons. The third-order valence-corrected chi connectivity index (χ3v) is 10.9. The standard InChI is InChI=1S/C46H34/c1-2-11-32-28-33(25-20-29(32)10-1)45-41-16-7-5-14-39(41)44(40-15-6-8-17-42(40)45)31-23-21-30(22-24-31)34-26-27-43-36-13-4-3-12-35(36)38-19-9-18-37(34)46(38)43/h1-5,7,9-19,21,23,26-28H,6,8,20,22,24-25H2. The molecule has 0 N–H and O–H groups in total. The normalized spacial score (nSPS) is 16.0. The first-order valence-corrected chi connectivity index (χ1v) is 16.9. The van der Waals surface area contributed by atoms with Crippen LogP contribution in [0.25, 0.3) is 78.7 Å². The van der Waals surface area contributed by atoms with Crippen molar-refractivity contribution in [2.45, 2.75) is 38.5 Å². The molecule has 4 aliphatic rings. The highest BCUT2D eigenvalue weighted by Gasteiger charge is 2.24. The Kier molecular flexibility index (Phi) is 5.75. The highest BCUT2D eigenvalue weighted by Crippen LogP contribution is 2.49. The van der Waals surface area contributed by atoms with Gasteiger partial charge in [0.15, 0.2) is 0 Å². The van der Waals surface area contributed by atoms with Crippen molar-refractivity contribution in [3.63, 3.8) is 0 Å². The molecule has 218 valence electrons. The van der Waals surface area contributed by atoms with Gasteiger partial charge in [-0.3, -0.25) is 0 Å². The van der Waals surface area contributed by atoms with Crippen LogP contribution in [0.15, 0.2) is 115 Å². The van der Waals surface area contributed by atoms with Gasteiger partial charge in [0.25, 0.3) is 0 Å². The average molecular weight is 587 g/mol. The zero-order valence-electron chi connectivity index (χ0n) is 25.9. The molecule has 0 aromatic heterocycles. The zero-order valence-corrected chi connectivity index (χ0v) is 25.9. The SMILES string of the molecule is C1=C(c2c3c(c(C4=Cc5ccccc5CC4)c4ccccc24)=CCCC=3)CCC(c2ccc3c4c(cccc24)-c2ccccc2-3)=C1. The summed E-state index contributed by atoms with van der Waals surface area (Å²) in [5.41, 5.74) is 17.0. The van der Waals surface area contributed by atoms with Crippen LogP contribution in [0.4, 0.5) is 0 Å². The van der Waals surface area contributed by atoms with Gasteiger partial charge in [-0.05, 0) is 137 Å². The van der Waals surface area contributed by atoms with Crippen LogP contribution >= 0.6 is 0 Å². The molecule has 4 aliphatic carbocycles. The molecule has 0 saturated carbocycles. The van der Waals surface area contributed by atoms with Crippen molar-refractivity contribution >= 4 is 56.5 Å². The molecule has 0 heteroatoms. The Morgan fingerprint density at radius 2 is 0.957 bits per heavy atom. The molecule has 10 rings (SSSR count). The van der Waals surface area contributed by atoms with E-state index < -0.39 is 0 Å². The third-order valence-electron chi connectivity index (χ3n) is 10.9. The van der Waals surface area contributed by atoms with Crippen LogP contribution in [0.5, 0.6) is 0 Å². The van der Waals surface area contributed by atoms with E-state index >= 15 is 0 Å². The number of benzene rings is 6. The second-order valence-corrected chi connectivity index (χ2v) is 13.3. The van der Waals surface area contributed by atoms with E-state index in [0.29, 0.717) is 0 Å². The summed E-state index contributed by atoms with van der Waals surface area (Å²) in [5, 5.41) is 8.49. The number of aryl methyl sites for hydroxylation is 1. The fraction of sp³-hybridized carbons (Fsp3) is 0.130. The predicted molar refractivity (Wildman–Crippen MR) is 198 cm³/mol. The molecular formula is C46H34. The van der Waals surface area contributed by atoms with E-state index in [1.165, 1.54) is 98.8 Å². The van der Waals surface area contributed by atoms with E-state index in [2.05, 4.69) is 134 Å². The Balaban J connectivity index is 1.13. The van der Waals surface area contributed by atoms with Crippen molar-refractivity contribution in [2.75, 3.05) is 0 Å². The first kappa shape index (κ1) is 26.1. The van der Waals surface area contributed by atoms with Gasteiger partial charge in [0.1, 0.15) is 0 Å². The maximum atomic E-state index is 2.53. The van der Waals surface area contributed by atoms with Crippen molar-refractivity contribution in [1.82, 2.24) is 0 Å². The molecule has 0 nitrogen and oxygen atoms in total. The first-order chi connectivity index (χ1) is 22.8. The number of rotatable bonds is 3. The zero-order chi connectivity index (χ0) is 30.2. The van der Waals surface area contributed by atoms with Crippen LogP contribution in [0.1, 0.15) is 59.9 Å². The average Bonchev–Trinajstić information content (AvgIpc) is 3.45. The molecule has 0 fully saturated rings. The minimum Gasteiger partial charge on any atom is -0.0757 e. The van der Waals surface area contributed by atoms with E-state index in [-0.39, 0.29) is 0 Å². The van der Waals surface area contributed by atoms with Crippen molar-refractivity contribution in [1.29, 1.82) is 0 Å². The van der Waals surface area contributed by atoms with Gasteiger partial charge in [0.05, 0.1) is 0 Å². The summed E-state index contributed by atoms with van der Waals surface area (Å²) in [4.78, 5) is 0. The van der Waals surface area contributed by atoms with Gasteiger partial charge in [-0.25, -0.2) is 0 Å². The molecule has 0 aliphatic heterocycles. The fourth-order valence-corrected chi connectivity index (χ4v) is 8.84. The number of allylic oxidation sites excluding steroid dienone is 5. The van der Waals surface area contributed by atoms with Crippen LogP contribution in [0.2, 0.25) is 0 Å². The van der Waals surface area contributed by atoms with Gasteiger partial charge < -0.3 is 0 Å². The summed E-state index contributed by atoms with van der Waals surface area (Å²) in [6, 6.07) is 38.6. The summed E-state index contributed by atoms with van der Waals surface area (Å²) >= 11 is 0. The first-order valence-electron chi connectivity index (χ1n) is 16.9. The second-order valence-electron chi connectivity index (χ2n) is 13.3. The van der Waals surface area contributed by atoms with Gasteiger partial charge in [0.2, 0.25) is 0 Å². The highest BCUT2D eigenvalue weighted by molar-refractivity contribution is 6.17. The second kappa shape index (κ2) is 10.2. The van der Waals surface area contributed by atoms with Crippen LogP contribution in [-0.2, 0) is 6.42 Å². The van der Waals surface area contributed by atoms with Gasteiger partial charge >= 0.3 is 0 Å². The quantitative estimate of drug-likeness (QED) is 0.193. The largest absolute Gasteiger partial charge is 0.0757 e. The van der Waals surface area contributed by atoms with Crippen molar-refractivity contribution in [3.8, 4) is 22.3 Å². The lowest BCUT2D eigenvalue weighted by Crippen LogP contribution is -2.34. The topological polar surface area (TPSA) is 0 Å². The number of hydrogen-bond acceptors (Lipinski definition) is 0. The Morgan fingerprint density at radius 1 is 0.391 bits per heavy atom. The maximum Gasteiger partial charge on any atom is -0.00203 e. The Labute approximate surface area is 270 Å². The van der Waals surface area contributed by atoms with Crippen LogP contribution in [0.3, 0.4) is 0 Å². The van der Waals surface area contributed by atoms with E-state index in [1.807, 2.05) is 0 Å². The molecule has 0 bridgehead atoms. The molecule has 6 aromatic carbocycles. The van der Waals surface area contributed by atoms with Gasteiger partial charge in [-0.1, -0.05) is 134 Å². The van der Waals surface area contributed by atoms with Gasteiger partial charge in [-0.2, -0.15) is 0 Å². The Morgan fingerprint density at radius 3 is 1.72 bits per heavy atom. The van der Waals surface area contributed by atoms with E-state index in [1.54, 1.807) is 0 Å². The molecule has 0 atom stereocenters. The monoisotopic (exact) mass is 586 g/mol. The van der Waals surface area contributed by atoms with Gasteiger partial charge in [0, 0.05) is 0 Å². The lowest BCUT2D eigenvalue weighted by atomic mass is 9.80. The van der Waals surface area contributed by atoms with Gasteiger partial charge in [-0.15, -0.1) is 0 Å². The lowest BCUT2D eigenvalue weighted by molar-refractivity contribution is 0.999. The summed E-state index contributed by atoms with van der Waals surface area (Å²) in [7, 11) is 0.